The monoisotopic (exact) mass is 704 g/mol. The minimum absolute atomic E-state index is 0.106. The first kappa shape index (κ1) is 38.1. The van der Waals surface area contributed by atoms with E-state index in [1.807, 2.05) is 18.8 Å². The number of H-pyrrole nitrogens is 2. The first-order chi connectivity index (χ1) is 21.8. The summed E-state index contributed by atoms with van der Waals surface area (Å²) in [7, 11) is 0. The van der Waals surface area contributed by atoms with Crippen LogP contribution in [0.3, 0.4) is 0 Å². The summed E-state index contributed by atoms with van der Waals surface area (Å²) >= 11 is 0. The van der Waals surface area contributed by atoms with Gasteiger partial charge in [0.1, 0.15) is 19.6 Å². The maximum Gasteiger partial charge on any atom is 0.417 e. The molecule has 0 fully saturated rings. The molecule has 18 heteroatoms. The molecule has 2 aromatic carbocycles. The van der Waals surface area contributed by atoms with Crippen LogP contribution in [0.15, 0.2) is 58.1 Å². The predicted molar refractivity (Wildman–Crippen MR) is 156 cm³/mol. The summed E-state index contributed by atoms with van der Waals surface area (Å²) in [6.45, 7) is 0.843. The molecule has 0 aliphatic heterocycles. The number of alkyl halides is 12. The predicted octanol–water partition coefficient (Wildman–Crippen LogP) is 8.34. The summed E-state index contributed by atoms with van der Waals surface area (Å²) in [5.74, 6) is 0.106. The van der Waals surface area contributed by atoms with Gasteiger partial charge in [-0.25, -0.2) is 0 Å². The minimum Gasteiger partial charge on any atom is -0.362 e. The van der Waals surface area contributed by atoms with Crippen LogP contribution >= 0.6 is 0 Å². The number of aromatic nitrogens is 2. The van der Waals surface area contributed by atoms with E-state index in [4.69, 9.17) is 0 Å². The Kier molecular flexibility index (Phi) is 11.1. The molecular weight excluding hydrogens is 676 g/mol. The van der Waals surface area contributed by atoms with E-state index >= 15 is 0 Å². The van der Waals surface area contributed by atoms with E-state index in [0.29, 0.717) is 23.8 Å². The Balaban J connectivity index is 0.000000264. The number of aromatic amines is 2. The van der Waals surface area contributed by atoms with Crippen LogP contribution in [-0.2, 0) is 6.18 Å². The Bertz CT molecular complexity index is 1820. The van der Waals surface area contributed by atoms with Gasteiger partial charge < -0.3 is 19.8 Å². The molecule has 4 aromatic rings. The first-order valence-electron chi connectivity index (χ1n) is 13.9. The van der Waals surface area contributed by atoms with Gasteiger partial charge in [0.15, 0.2) is 0 Å². The maximum absolute atomic E-state index is 13.0. The number of halogens is 12. The number of pyridine rings is 2. The molecule has 4 rings (SSSR count). The van der Waals surface area contributed by atoms with E-state index in [1.54, 1.807) is 25.1 Å². The zero-order valence-electron chi connectivity index (χ0n) is 25.3. The van der Waals surface area contributed by atoms with Crippen molar-refractivity contribution in [3.63, 3.8) is 0 Å². The number of fused-ring (bicyclic) bond motifs is 2. The lowest BCUT2D eigenvalue weighted by Crippen LogP contribution is -2.40. The SMILES string of the molecule is Cc1cc(=O)[nH]c2ccc(N(CC(C)C)CC(F)(F)F)cc12.O=c1cc(C(F)(F)F)c2cc(N(CC(F)(F)F)CC(F)(F)F)ccc2[nH]1. The third-order valence-electron chi connectivity index (χ3n) is 6.59. The highest BCUT2D eigenvalue weighted by Gasteiger charge is 2.38. The number of rotatable bonds is 7. The fourth-order valence-corrected chi connectivity index (χ4v) is 4.87. The highest BCUT2D eigenvalue weighted by Crippen LogP contribution is 2.36. The quantitative estimate of drug-likeness (QED) is 0.190. The molecule has 0 aliphatic carbocycles. The molecule has 2 N–H and O–H groups in total. The zero-order chi connectivity index (χ0) is 36.4. The van der Waals surface area contributed by atoms with Crippen molar-refractivity contribution in [2.75, 3.05) is 36.0 Å². The molecule has 0 spiro atoms. The largest absolute Gasteiger partial charge is 0.417 e. The van der Waals surface area contributed by atoms with Crippen molar-refractivity contribution in [2.45, 2.75) is 45.5 Å². The molecule has 6 nitrogen and oxygen atoms in total. The van der Waals surface area contributed by atoms with E-state index in [1.165, 1.54) is 11.0 Å². The van der Waals surface area contributed by atoms with Gasteiger partial charge in [0.2, 0.25) is 11.1 Å². The molecule has 0 amide bonds. The van der Waals surface area contributed by atoms with Crippen LogP contribution in [0.5, 0.6) is 0 Å². The number of benzene rings is 2. The third-order valence-corrected chi connectivity index (χ3v) is 6.59. The van der Waals surface area contributed by atoms with Gasteiger partial charge in [-0.3, -0.25) is 9.59 Å². The van der Waals surface area contributed by atoms with Gasteiger partial charge in [-0.2, -0.15) is 52.7 Å². The van der Waals surface area contributed by atoms with Gasteiger partial charge in [0.05, 0.1) is 5.56 Å². The van der Waals surface area contributed by atoms with Crippen molar-refractivity contribution >= 4 is 33.2 Å². The summed E-state index contributed by atoms with van der Waals surface area (Å²) < 4.78 is 153. The molecule has 0 atom stereocenters. The molecule has 2 heterocycles. The van der Waals surface area contributed by atoms with Crippen LogP contribution in [0.4, 0.5) is 64.1 Å². The fraction of sp³-hybridized carbons (Fsp3) is 0.400. The smallest absolute Gasteiger partial charge is 0.362 e. The second kappa shape index (κ2) is 14.0. The van der Waals surface area contributed by atoms with E-state index < -0.39 is 66.5 Å². The van der Waals surface area contributed by atoms with Gasteiger partial charge in [0, 0.05) is 51.9 Å². The van der Waals surface area contributed by atoms with Crippen LogP contribution < -0.4 is 20.9 Å². The summed E-state index contributed by atoms with van der Waals surface area (Å²) in [6, 6.07) is 8.73. The van der Waals surface area contributed by atoms with E-state index in [-0.39, 0.29) is 28.0 Å². The molecule has 0 saturated carbocycles. The van der Waals surface area contributed by atoms with Crippen LogP contribution in [-0.4, -0.2) is 54.7 Å². The average Bonchev–Trinajstić information content (AvgIpc) is 2.88. The van der Waals surface area contributed by atoms with E-state index in [9.17, 15) is 62.3 Å². The van der Waals surface area contributed by atoms with Crippen LogP contribution in [0.2, 0.25) is 0 Å². The second-order valence-corrected chi connectivity index (χ2v) is 11.3. The molecule has 48 heavy (non-hydrogen) atoms. The average molecular weight is 705 g/mol. The molecule has 2 aromatic heterocycles. The number of hydrogen-bond acceptors (Lipinski definition) is 4. The number of aryl methyl sites for hydroxylation is 1. The number of nitrogens with one attached hydrogen (secondary N) is 2. The van der Waals surface area contributed by atoms with E-state index in [2.05, 4.69) is 4.98 Å². The lowest BCUT2D eigenvalue weighted by atomic mass is 10.1. The molecule has 264 valence electrons. The Morgan fingerprint density at radius 3 is 1.48 bits per heavy atom. The maximum atomic E-state index is 13.0. The third kappa shape index (κ3) is 11.1. The summed E-state index contributed by atoms with van der Waals surface area (Å²) in [6.07, 6.45) is -19.3. The molecule has 0 saturated heterocycles. The topological polar surface area (TPSA) is 72.2 Å². The van der Waals surface area contributed by atoms with Gasteiger partial charge >= 0.3 is 24.7 Å². The normalized spacial score (nSPS) is 12.8. The highest BCUT2D eigenvalue weighted by atomic mass is 19.4. The van der Waals surface area contributed by atoms with Crippen molar-refractivity contribution in [1.82, 2.24) is 9.97 Å². The Hall–Kier alpha value is -4.38. The number of nitrogens with zero attached hydrogens (tertiary/aromatic N) is 2. The summed E-state index contributed by atoms with van der Waals surface area (Å²) in [5, 5.41) is 0.0389. The molecule has 0 aliphatic rings. The van der Waals surface area contributed by atoms with Crippen LogP contribution in [0.1, 0.15) is 25.0 Å². The minimum atomic E-state index is -5.02. The van der Waals surface area contributed by atoms with Gasteiger partial charge in [-0.1, -0.05) is 13.8 Å². The zero-order valence-corrected chi connectivity index (χ0v) is 25.3. The lowest BCUT2D eigenvalue weighted by molar-refractivity contribution is -0.138. The van der Waals surface area contributed by atoms with Crippen molar-refractivity contribution in [1.29, 1.82) is 0 Å². The molecule has 0 radical (unpaired) electrons. The van der Waals surface area contributed by atoms with Gasteiger partial charge in [0.25, 0.3) is 0 Å². The Morgan fingerprint density at radius 2 is 1.02 bits per heavy atom. The Morgan fingerprint density at radius 1 is 0.604 bits per heavy atom. The van der Waals surface area contributed by atoms with Gasteiger partial charge in [-0.05, 0) is 54.8 Å². The highest BCUT2D eigenvalue weighted by molar-refractivity contribution is 5.86. The van der Waals surface area contributed by atoms with Gasteiger partial charge in [-0.15, -0.1) is 0 Å². The van der Waals surface area contributed by atoms with Crippen molar-refractivity contribution in [3.8, 4) is 0 Å². The lowest BCUT2D eigenvalue weighted by Gasteiger charge is -2.28. The van der Waals surface area contributed by atoms with E-state index in [0.717, 1.165) is 23.1 Å². The van der Waals surface area contributed by atoms with Crippen LogP contribution in [0, 0.1) is 12.8 Å². The standard InChI is InChI=1S/C16H19F3N2O.C14H9F9N2O/c1-10(2)8-21(9-16(17,18)19)12-4-5-14-13(7-12)11(3)6-15(22)20-14;15-12(16,17)5-25(6-13(18,19)20)7-1-2-10-8(3-7)9(14(21,22)23)4-11(26)24-10/h4-7,10H,8-9H2,1-3H3,(H,20,22);1-4H,5-6H2,(H,24,26). The molecule has 0 unspecified atom stereocenters. The van der Waals surface area contributed by atoms with Crippen molar-refractivity contribution in [3.05, 3.63) is 80.4 Å². The molecular formula is C30H28F12N4O2. The second-order valence-electron chi connectivity index (χ2n) is 11.3. The Labute approximate surface area is 264 Å². The van der Waals surface area contributed by atoms with Crippen molar-refractivity contribution in [2.24, 2.45) is 5.92 Å². The summed E-state index contributed by atoms with van der Waals surface area (Å²) in [5.41, 5.74) is -1.99. The number of anilines is 2. The molecule has 0 bridgehead atoms. The summed E-state index contributed by atoms with van der Waals surface area (Å²) in [4.78, 5) is 28.7. The van der Waals surface area contributed by atoms with Crippen LogP contribution in [0.25, 0.3) is 21.8 Å². The number of hydrogen-bond donors (Lipinski definition) is 2. The fourth-order valence-electron chi connectivity index (χ4n) is 4.87. The first-order valence-corrected chi connectivity index (χ1v) is 13.9. The van der Waals surface area contributed by atoms with Crippen molar-refractivity contribution < 1.29 is 52.7 Å².